The van der Waals surface area contributed by atoms with E-state index in [-0.39, 0.29) is 11.8 Å². The zero-order valence-corrected chi connectivity index (χ0v) is 17.4. The Kier molecular flexibility index (Phi) is 8.16. The van der Waals surface area contributed by atoms with E-state index in [1.807, 2.05) is 4.90 Å². The molecule has 28 heavy (non-hydrogen) atoms. The van der Waals surface area contributed by atoms with Gasteiger partial charge in [0, 0.05) is 43.2 Å². The number of halogens is 1. The summed E-state index contributed by atoms with van der Waals surface area (Å²) in [7, 11) is 0. The van der Waals surface area contributed by atoms with Crippen LogP contribution in [0.3, 0.4) is 0 Å². The van der Waals surface area contributed by atoms with Gasteiger partial charge in [0.1, 0.15) is 0 Å². The number of nitrogens with one attached hydrogen (secondary N) is 1. The molecule has 0 aromatic heterocycles. The Labute approximate surface area is 173 Å². The second kappa shape index (κ2) is 10.8. The predicted octanol–water partition coefficient (Wildman–Crippen LogP) is 3.57. The van der Waals surface area contributed by atoms with Gasteiger partial charge in [-0.3, -0.25) is 9.59 Å². The van der Waals surface area contributed by atoms with Crippen LogP contribution in [0.1, 0.15) is 55.3 Å². The molecular formula is C22H32ClN3O2. The van der Waals surface area contributed by atoms with E-state index in [2.05, 4.69) is 10.2 Å². The number of amides is 2. The first-order valence-electron chi connectivity index (χ1n) is 10.7. The van der Waals surface area contributed by atoms with Gasteiger partial charge in [0.25, 0.3) is 5.91 Å². The number of rotatable bonds is 6. The molecule has 0 radical (unpaired) electrons. The molecule has 5 nitrogen and oxygen atoms in total. The molecule has 6 heteroatoms. The molecule has 2 heterocycles. The SMILES string of the molecule is O=C(NCCC(=O)N1CCC(CN2CCCCCC2)CC1)c1ccc(Cl)cc1. The van der Waals surface area contributed by atoms with Crippen LogP contribution in [0, 0.1) is 5.92 Å². The number of piperidine rings is 1. The topological polar surface area (TPSA) is 52.7 Å². The molecule has 0 saturated carbocycles. The highest BCUT2D eigenvalue weighted by atomic mass is 35.5. The Balaban J connectivity index is 1.33. The number of hydrogen-bond donors (Lipinski definition) is 1. The van der Waals surface area contributed by atoms with Gasteiger partial charge in [-0.1, -0.05) is 24.4 Å². The minimum Gasteiger partial charge on any atom is -0.352 e. The number of carbonyl (C=O) groups is 2. The Morgan fingerprint density at radius 1 is 0.964 bits per heavy atom. The van der Waals surface area contributed by atoms with Gasteiger partial charge in [-0.15, -0.1) is 0 Å². The predicted molar refractivity (Wildman–Crippen MR) is 113 cm³/mol. The lowest BCUT2D eigenvalue weighted by Crippen LogP contribution is -2.42. The Bertz CT molecular complexity index is 634. The van der Waals surface area contributed by atoms with Gasteiger partial charge < -0.3 is 15.1 Å². The van der Waals surface area contributed by atoms with Crippen LogP contribution in [0.5, 0.6) is 0 Å². The number of carbonyl (C=O) groups excluding carboxylic acids is 2. The molecular weight excluding hydrogens is 374 g/mol. The Hall–Kier alpha value is -1.59. The summed E-state index contributed by atoms with van der Waals surface area (Å²) < 4.78 is 0. The first-order valence-corrected chi connectivity index (χ1v) is 11.0. The Morgan fingerprint density at radius 2 is 1.61 bits per heavy atom. The van der Waals surface area contributed by atoms with Gasteiger partial charge in [-0.25, -0.2) is 0 Å². The van der Waals surface area contributed by atoms with Crippen LogP contribution in [0.15, 0.2) is 24.3 Å². The lowest BCUT2D eigenvalue weighted by atomic mass is 9.96. The average Bonchev–Trinajstić information content (AvgIpc) is 2.97. The highest BCUT2D eigenvalue weighted by molar-refractivity contribution is 6.30. The molecule has 2 amide bonds. The smallest absolute Gasteiger partial charge is 0.251 e. The fraction of sp³-hybridized carbons (Fsp3) is 0.636. The summed E-state index contributed by atoms with van der Waals surface area (Å²) in [5, 5.41) is 3.42. The van der Waals surface area contributed by atoms with Crippen LogP contribution in [-0.2, 0) is 4.79 Å². The van der Waals surface area contributed by atoms with E-state index in [4.69, 9.17) is 11.6 Å². The zero-order chi connectivity index (χ0) is 19.8. The third-order valence-corrected chi connectivity index (χ3v) is 6.17. The molecule has 0 unspecified atom stereocenters. The molecule has 0 atom stereocenters. The van der Waals surface area contributed by atoms with E-state index in [9.17, 15) is 9.59 Å². The largest absolute Gasteiger partial charge is 0.352 e. The molecule has 0 aliphatic carbocycles. The number of hydrogen-bond acceptors (Lipinski definition) is 3. The highest BCUT2D eigenvalue weighted by Crippen LogP contribution is 2.21. The van der Waals surface area contributed by atoms with Crippen molar-refractivity contribution < 1.29 is 9.59 Å². The van der Waals surface area contributed by atoms with Gasteiger partial charge in [-0.05, 0) is 69.0 Å². The van der Waals surface area contributed by atoms with Gasteiger partial charge >= 0.3 is 0 Å². The standard InChI is InChI=1S/C22H32ClN3O2/c23-20-7-5-19(6-8-20)22(28)24-12-9-21(27)26-15-10-18(11-16-26)17-25-13-3-1-2-4-14-25/h5-8,18H,1-4,9-17H2,(H,24,28). The summed E-state index contributed by atoms with van der Waals surface area (Å²) in [6.07, 6.45) is 7.96. The third-order valence-electron chi connectivity index (χ3n) is 5.91. The van der Waals surface area contributed by atoms with Crippen LogP contribution < -0.4 is 5.32 Å². The minimum atomic E-state index is -0.166. The second-order valence-electron chi connectivity index (χ2n) is 8.05. The zero-order valence-electron chi connectivity index (χ0n) is 16.7. The summed E-state index contributed by atoms with van der Waals surface area (Å²) in [4.78, 5) is 29.1. The molecule has 1 N–H and O–H groups in total. The van der Waals surface area contributed by atoms with Crippen molar-refractivity contribution in [2.45, 2.75) is 44.9 Å². The quantitative estimate of drug-likeness (QED) is 0.787. The summed E-state index contributed by atoms with van der Waals surface area (Å²) in [6, 6.07) is 6.76. The summed E-state index contributed by atoms with van der Waals surface area (Å²) in [6.45, 7) is 5.75. The molecule has 2 aliphatic rings. The maximum Gasteiger partial charge on any atom is 0.251 e. The van der Waals surface area contributed by atoms with E-state index >= 15 is 0 Å². The number of benzene rings is 1. The summed E-state index contributed by atoms with van der Waals surface area (Å²) in [5.74, 6) is 0.692. The van der Waals surface area contributed by atoms with Crippen molar-refractivity contribution in [1.82, 2.24) is 15.1 Å². The van der Waals surface area contributed by atoms with Gasteiger partial charge in [0.2, 0.25) is 5.91 Å². The molecule has 2 aliphatic heterocycles. The monoisotopic (exact) mass is 405 g/mol. The molecule has 2 fully saturated rings. The van der Waals surface area contributed by atoms with Crippen molar-refractivity contribution in [1.29, 1.82) is 0 Å². The van der Waals surface area contributed by atoms with Gasteiger partial charge in [0.15, 0.2) is 0 Å². The second-order valence-corrected chi connectivity index (χ2v) is 8.49. The van der Waals surface area contributed by atoms with E-state index in [1.54, 1.807) is 24.3 Å². The van der Waals surface area contributed by atoms with Crippen molar-refractivity contribution in [2.75, 3.05) is 39.3 Å². The minimum absolute atomic E-state index is 0.143. The maximum atomic E-state index is 12.4. The van der Waals surface area contributed by atoms with Crippen molar-refractivity contribution in [3.8, 4) is 0 Å². The van der Waals surface area contributed by atoms with E-state index < -0.39 is 0 Å². The third kappa shape index (κ3) is 6.49. The molecule has 0 bridgehead atoms. The molecule has 3 rings (SSSR count). The molecule has 1 aromatic rings. The van der Waals surface area contributed by atoms with Gasteiger partial charge in [0.05, 0.1) is 0 Å². The normalized spacial score (nSPS) is 19.2. The molecule has 2 saturated heterocycles. The van der Waals surface area contributed by atoms with Crippen molar-refractivity contribution in [2.24, 2.45) is 5.92 Å². The van der Waals surface area contributed by atoms with Gasteiger partial charge in [-0.2, -0.15) is 0 Å². The first kappa shape index (κ1) is 21.1. The fourth-order valence-corrected chi connectivity index (χ4v) is 4.32. The average molecular weight is 406 g/mol. The number of likely N-dealkylation sites (tertiary alicyclic amines) is 2. The lowest BCUT2D eigenvalue weighted by molar-refractivity contribution is -0.132. The van der Waals surface area contributed by atoms with Crippen molar-refractivity contribution >= 4 is 23.4 Å². The summed E-state index contributed by atoms with van der Waals surface area (Å²) >= 11 is 5.84. The summed E-state index contributed by atoms with van der Waals surface area (Å²) in [5.41, 5.74) is 0.561. The molecule has 0 spiro atoms. The molecule has 1 aromatic carbocycles. The fourth-order valence-electron chi connectivity index (χ4n) is 4.19. The van der Waals surface area contributed by atoms with E-state index in [0.29, 0.717) is 29.5 Å². The van der Waals surface area contributed by atoms with Crippen LogP contribution in [0.25, 0.3) is 0 Å². The molecule has 154 valence electrons. The van der Waals surface area contributed by atoms with E-state index in [0.717, 1.165) is 25.9 Å². The maximum absolute atomic E-state index is 12.4. The number of nitrogens with zero attached hydrogens (tertiary/aromatic N) is 2. The Morgan fingerprint density at radius 3 is 2.25 bits per heavy atom. The van der Waals surface area contributed by atoms with Crippen molar-refractivity contribution in [3.63, 3.8) is 0 Å². The van der Waals surface area contributed by atoms with Crippen LogP contribution in [0.2, 0.25) is 5.02 Å². The van der Waals surface area contributed by atoms with Crippen LogP contribution in [0.4, 0.5) is 0 Å². The highest BCUT2D eigenvalue weighted by Gasteiger charge is 2.24. The lowest BCUT2D eigenvalue weighted by Gasteiger charge is -2.34. The van der Waals surface area contributed by atoms with Crippen LogP contribution >= 0.6 is 11.6 Å². The first-order chi connectivity index (χ1) is 13.6. The van der Waals surface area contributed by atoms with E-state index in [1.165, 1.54) is 45.3 Å². The van der Waals surface area contributed by atoms with Crippen LogP contribution in [-0.4, -0.2) is 60.9 Å². The van der Waals surface area contributed by atoms with Crippen molar-refractivity contribution in [3.05, 3.63) is 34.9 Å².